The van der Waals surface area contributed by atoms with E-state index >= 15 is 0 Å². The van der Waals surface area contributed by atoms with Crippen molar-refractivity contribution in [2.24, 2.45) is 0 Å². The standard InChI is InChI=1S/C14H19FN2O3/c1-9-5-10(16)6-11(12(9)15)13(18)17-7-14(19-2)3-4-20-8-14/h5-6H,3-4,7-8,16H2,1-2H3,(H,17,18). The minimum atomic E-state index is -0.550. The third-order valence-electron chi connectivity index (χ3n) is 3.59. The highest BCUT2D eigenvalue weighted by Gasteiger charge is 2.35. The smallest absolute Gasteiger partial charge is 0.254 e. The van der Waals surface area contributed by atoms with E-state index < -0.39 is 17.3 Å². The Morgan fingerprint density at radius 2 is 2.35 bits per heavy atom. The molecule has 1 aliphatic heterocycles. The maximum Gasteiger partial charge on any atom is 0.254 e. The lowest BCUT2D eigenvalue weighted by molar-refractivity contribution is -0.0149. The molecule has 0 bridgehead atoms. The van der Waals surface area contributed by atoms with Gasteiger partial charge in [0.15, 0.2) is 0 Å². The van der Waals surface area contributed by atoms with Crippen LogP contribution >= 0.6 is 0 Å². The number of hydrogen-bond donors (Lipinski definition) is 2. The first-order valence-electron chi connectivity index (χ1n) is 6.44. The second-order valence-electron chi connectivity index (χ2n) is 5.07. The summed E-state index contributed by atoms with van der Waals surface area (Å²) < 4.78 is 24.6. The summed E-state index contributed by atoms with van der Waals surface area (Å²) >= 11 is 0. The van der Waals surface area contributed by atoms with Crippen LogP contribution in [0.2, 0.25) is 0 Å². The van der Waals surface area contributed by atoms with Crippen molar-refractivity contribution in [1.82, 2.24) is 5.32 Å². The van der Waals surface area contributed by atoms with E-state index in [1.807, 2.05) is 0 Å². The van der Waals surface area contributed by atoms with Gasteiger partial charge in [0.2, 0.25) is 0 Å². The summed E-state index contributed by atoms with van der Waals surface area (Å²) in [5.41, 5.74) is 5.78. The van der Waals surface area contributed by atoms with Gasteiger partial charge in [0.05, 0.1) is 12.2 Å². The van der Waals surface area contributed by atoms with Gasteiger partial charge in [0.25, 0.3) is 5.91 Å². The van der Waals surface area contributed by atoms with Gasteiger partial charge in [-0.15, -0.1) is 0 Å². The van der Waals surface area contributed by atoms with Gasteiger partial charge in [-0.2, -0.15) is 0 Å². The van der Waals surface area contributed by atoms with Crippen LogP contribution < -0.4 is 11.1 Å². The largest absolute Gasteiger partial charge is 0.399 e. The quantitative estimate of drug-likeness (QED) is 0.815. The second kappa shape index (κ2) is 5.76. The van der Waals surface area contributed by atoms with Crippen molar-refractivity contribution < 1.29 is 18.7 Å². The maximum absolute atomic E-state index is 13.9. The van der Waals surface area contributed by atoms with Gasteiger partial charge in [-0.05, 0) is 24.6 Å². The number of nitrogens with two attached hydrogens (primary N) is 1. The fourth-order valence-electron chi connectivity index (χ4n) is 2.26. The van der Waals surface area contributed by atoms with E-state index in [0.717, 1.165) is 0 Å². The summed E-state index contributed by atoms with van der Waals surface area (Å²) in [5, 5.41) is 2.69. The van der Waals surface area contributed by atoms with Gasteiger partial charge >= 0.3 is 0 Å². The SMILES string of the molecule is COC1(CNC(=O)c2cc(N)cc(C)c2F)CCOC1. The van der Waals surface area contributed by atoms with E-state index in [9.17, 15) is 9.18 Å². The number of nitrogen functional groups attached to an aromatic ring is 1. The Labute approximate surface area is 117 Å². The van der Waals surface area contributed by atoms with Gasteiger partial charge in [0.1, 0.15) is 11.4 Å². The van der Waals surface area contributed by atoms with E-state index in [4.69, 9.17) is 15.2 Å². The third-order valence-corrected chi connectivity index (χ3v) is 3.59. The van der Waals surface area contributed by atoms with Crippen LogP contribution in [-0.2, 0) is 9.47 Å². The lowest BCUT2D eigenvalue weighted by atomic mass is 10.0. The number of rotatable bonds is 4. The van der Waals surface area contributed by atoms with E-state index in [1.165, 1.54) is 12.1 Å². The van der Waals surface area contributed by atoms with Crippen molar-refractivity contribution in [3.8, 4) is 0 Å². The highest BCUT2D eigenvalue weighted by Crippen LogP contribution is 2.22. The number of halogens is 1. The molecular weight excluding hydrogens is 263 g/mol. The highest BCUT2D eigenvalue weighted by atomic mass is 19.1. The molecule has 1 aromatic rings. The molecule has 0 saturated carbocycles. The Hall–Kier alpha value is -1.66. The number of carbonyl (C=O) groups excluding carboxylic acids is 1. The topological polar surface area (TPSA) is 73.6 Å². The van der Waals surface area contributed by atoms with E-state index in [1.54, 1.807) is 14.0 Å². The molecule has 0 aromatic heterocycles. The number of methoxy groups -OCH3 is 1. The van der Waals surface area contributed by atoms with Crippen molar-refractivity contribution in [2.45, 2.75) is 18.9 Å². The van der Waals surface area contributed by atoms with Crippen LogP contribution in [0.1, 0.15) is 22.3 Å². The number of nitrogens with one attached hydrogen (secondary N) is 1. The predicted molar refractivity (Wildman–Crippen MR) is 73.1 cm³/mol. The summed E-state index contributed by atoms with van der Waals surface area (Å²) in [6, 6.07) is 2.83. The highest BCUT2D eigenvalue weighted by molar-refractivity contribution is 5.95. The Bertz CT molecular complexity index is 513. The van der Waals surface area contributed by atoms with Gasteiger partial charge in [-0.25, -0.2) is 4.39 Å². The first kappa shape index (κ1) is 14.7. The zero-order valence-electron chi connectivity index (χ0n) is 11.7. The summed E-state index contributed by atoms with van der Waals surface area (Å²) in [5.74, 6) is -1.05. The number of benzene rings is 1. The predicted octanol–water partition coefficient (Wildman–Crippen LogP) is 1.25. The zero-order chi connectivity index (χ0) is 14.8. The summed E-state index contributed by atoms with van der Waals surface area (Å²) in [6.45, 7) is 2.86. The van der Waals surface area contributed by atoms with E-state index in [0.29, 0.717) is 30.9 Å². The van der Waals surface area contributed by atoms with Crippen LogP contribution in [-0.4, -0.2) is 38.4 Å². The molecule has 1 saturated heterocycles. The summed E-state index contributed by atoms with van der Waals surface area (Å²) in [7, 11) is 1.58. The Morgan fingerprint density at radius 3 is 2.95 bits per heavy atom. The lowest BCUT2D eigenvalue weighted by Crippen LogP contribution is -2.45. The van der Waals surface area contributed by atoms with E-state index in [-0.39, 0.29) is 12.1 Å². The van der Waals surface area contributed by atoms with Crippen molar-refractivity contribution in [3.63, 3.8) is 0 Å². The van der Waals surface area contributed by atoms with Gasteiger partial charge in [0, 0.05) is 32.4 Å². The molecule has 1 unspecified atom stereocenters. The number of aryl methyl sites for hydroxylation is 1. The Morgan fingerprint density at radius 1 is 1.60 bits per heavy atom. The molecule has 1 fully saturated rings. The van der Waals surface area contributed by atoms with Crippen molar-refractivity contribution >= 4 is 11.6 Å². The van der Waals surface area contributed by atoms with Crippen molar-refractivity contribution in [1.29, 1.82) is 0 Å². The molecule has 1 amide bonds. The average molecular weight is 282 g/mol. The molecular formula is C14H19FN2O3. The lowest BCUT2D eigenvalue weighted by Gasteiger charge is -2.26. The fourth-order valence-corrected chi connectivity index (χ4v) is 2.26. The third kappa shape index (κ3) is 2.91. The van der Waals surface area contributed by atoms with Crippen LogP contribution in [0.4, 0.5) is 10.1 Å². The summed E-state index contributed by atoms with van der Waals surface area (Å²) in [6.07, 6.45) is 0.697. The monoisotopic (exact) mass is 282 g/mol. The molecule has 5 nitrogen and oxygen atoms in total. The first-order chi connectivity index (χ1) is 9.47. The number of ether oxygens (including phenoxy) is 2. The van der Waals surface area contributed by atoms with Crippen LogP contribution in [0.3, 0.4) is 0 Å². The van der Waals surface area contributed by atoms with Crippen molar-refractivity contribution in [3.05, 3.63) is 29.1 Å². The normalized spacial score (nSPS) is 21.9. The minimum absolute atomic E-state index is 0.0485. The fraction of sp³-hybridized carbons (Fsp3) is 0.500. The molecule has 1 aromatic carbocycles. The van der Waals surface area contributed by atoms with Crippen molar-refractivity contribution in [2.75, 3.05) is 32.6 Å². The second-order valence-corrected chi connectivity index (χ2v) is 5.07. The summed E-state index contributed by atoms with van der Waals surface area (Å²) in [4.78, 5) is 12.1. The molecule has 0 radical (unpaired) electrons. The Balaban J connectivity index is 2.09. The Kier molecular flexibility index (Phi) is 4.25. The van der Waals surface area contributed by atoms with Gasteiger partial charge < -0.3 is 20.5 Å². The maximum atomic E-state index is 13.9. The number of carbonyl (C=O) groups is 1. The van der Waals surface area contributed by atoms with Gasteiger partial charge in [-0.3, -0.25) is 4.79 Å². The molecule has 110 valence electrons. The number of amides is 1. The van der Waals surface area contributed by atoms with E-state index in [2.05, 4.69) is 5.32 Å². The first-order valence-corrected chi connectivity index (χ1v) is 6.44. The average Bonchev–Trinajstić information content (AvgIpc) is 2.89. The molecule has 6 heteroatoms. The number of hydrogen-bond acceptors (Lipinski definition) is 4. The van der Waals surface area contributed by atoms with Crippen LogP contribution in [0, 0.1) is 12.7 Å². The molecule has 1 heterocycles. The number of anilines is 1. The zero-order valence-corrected chi connectivity index (χ0v) is 11.7. The van der Waals surface area contributed by atoms with Crippen LogP contribution in [0.5, 0.6) is 0 Å². The molecule has 1 atom stereocenters. The molecule has 2 rings (SSSR count). The van der Waals surface area contributed by atoms with Crippen LogP contribution in [0.25, 0.3) is 0 Å². The minimum Gasteiger partial charge on any atom is -0.399 e. The molecule has 0 aliphatic carbocycles. The molecule has 3 N–H and O–H groups in total. The van der Waals surface area contributed by atoms with Crippen LogP contribution in [0.15, 0.2) is 12.1 Å². The molecule has 1 aliphatic rings. The molecule has 20 heavy (non-hydrogen) atoms. The molecule has 0 spiro atoms. The van der Waals surface area contributed by atoms with Gasteiger partial charge in [-0.1, -0.05) is 0 Å².